The summed E-state index contributed by atoms with van der Waals surface area (Å²) in [5.74, 6) is 1.83. The minimum Gasteiger partial charge on any atom is -0.493 e. The molecule has 1 heterocycles. The van der Waals surface area contributed by atoms with Gasteiger partial charge in [0.05, 0.1) is 19.9 Å². The van der Waals surface area contributed by atoms with E-state index in [-0.39, 0.29) is 18.4 Å². The summed E-state index contributed by atoms with van der Waals surface area (Å²) in [6.07, 6.45) is 1.67. The molecule has 1 aliphatic rings. The topological polar surface area (TPSA) is 85.9 Å². The molecule has 0 spiro atoms. The molecule has 0 unspecified atom stereocenters. The van der Waals surface area contributed by atoms with E-state index in [1.165, 1.54) is 0 Å². The molecule has 1 aliphatic heterocycles. The van der Waals surface area contributed by atoms with Gasteiger partial charge in [-0.3, -0.25) is 9.59 Å². The summed E-state index contributed by atoms with van der Waals surface area (Å²) in [5.41, 5.74) is 2.69. The van der Waals surface area contributed by atoms with Crippen molar-refractivity contribution in [3.05, 3.63) is 47.5 Å². The Balaban J connectivity index is 1.45. The molecule has 7 heteroatoms. The highest BCUT2D eigenvalue weighted by molar-refractivity contribution is 5.95. The third-order valence-electron chi connectivity index (χ3n) is 4.50. The van der Waals surface area contributed by atoms with Gasteiger partial charge in [-0.05, 0) is 48.2 Å². The Morgan fingerprint density at radius 1 is 1.07 bits per heavy atom. The lowest BCUT2D eigenvalue weighted by Gasteiger charge is -2.18. The number of fused-ring (bicyclic) bond motifs is 1. The molecule has 148 valence electrons. The first-order chi connectivity index (χ1) is 13.6. The molecule has 3 rings (SSSR count). The van der Waals surface area contributed by atoms with Crippen molar-refractivity contribution in [3.63, 3.8) is 0 Å². The zero-order valence-corrected chi connectivity index (χ0v) is 16.0. The number of rotatable bonds is 8. The summed E-state index contributed by atoms with van der Waals surface area (Å²) >= 11 is 0. The quantitative estimate of drug-likeness (QED) is 0.730. The van der Waals surface area contributed by atoms with Gasteiger partial charge in [-0.1, -0.05) is 12.1 Å². The van der Waals surface area contributed by atoms with Gasteiger partial charge in [0, 0.05) is 13.0 Å². The number of hydrogen-bond acceptors (Lipinski definition) is 5. The average Bonchev–Trinajstić information content (AvgIpc) is 2.71. The first-order valence-corrected chi connectivity index (χ1v) is 9.12. The van der Waals surface area contributed by atoms with E-state index >= 15 is 0 Å². The van der Waals surface area contributed by atoms with E-state index in [1.54, 1.807) is 14.2 Å². The van der Waals surface area contributed by atoms with Gasteiger partial charge in [-0.15, -0.1) is 0 Å². The average molecular weight is 384 g/mol. The molecule has 0 fully saturated rings. The summed E-state index contributed by atoms with van der Waals surface area (Å²) in [5, 5.41) is 5.71. The van der Waals surface area contributed by atoms with Crippen LogP contribution < -0.4 is 24.8 Å². The van der Waals surface area contributed by atoms with Gasteiger partial charge in [0.15, 0.2) is 18.1 Å². The van der Waals surface area contributed by atoms with Gasteiger partial charge in [0.2, 0.25) is 5.91 Å². The molecule has 0 saturated heterocycles. The van der Waals surface area contributed by atoms with Gasteiger partial charge in [-0.25, -0.2) is 0 Å². The number of nitrogens with one attached hydrogen (secondary N) is 2. The summed E-state index contributed by atoms with van der Waals surface area (Å²) in [6.45, 7) is 0.581. The van der Waals surface area contributed by atoms with Crippen molar-refractivity contribution in [2.45, 2.75) is 19.3 Å². The number of carbonyl (C=O) groups is 2. The maximum absolute atomic E-state index is 12.1. The first kappa shape index (κ1) is 19.5. The molecular formula is C21H24N2O5. The van der Waals surface area contributed by atoms with Crippen molar-refractivity contribution in [2.24, 2.45) is 0 Å². The number of methoxy groups -OCH3 is 2. The molecular weight excluding hydrogens is 360 g/mol. The van der Waals surface area contributed by atoms with E-state index in [4.69, 9.17) is 14.2 Å². The van der Waals surface area contributed by atoms with Crippen molar-refractivity contribution in [1.82, 2.24) is 5.32 Å². The smallest absolute Gasteiger partial charge is 0.262 e. The van der Waals surface area contributed by atoms with E-state index in [1.807, 2.05) is 36.4 Å². The molecule has 2 N–H and O–H groups in total. The third kappa shape index (κ3) is 4.94. The number of amides is 2. The molecule has 7 nitrogen and oxygen atoms in total. The second-order valence-electron chi connectivity index (χ2n) is 6.46. The van der Waals surface area contributed by atoms with Gasteiger partial charge in [0.25, 0.3) is 5.91 Å². The van der Waals surface area contributed by atoms with E-state index < -0.39 is 0 Å². The predicted octanol–water partition coefficient (Wildman–Crippen LogP) is 2.33. The lowest BCUT2D eigenvalue weighted by molar-refractivity contribution is -0.121. The van der Waals surface area contributed by atoms with Crippen LogP contribution in [0.1, 0.15) is 17.5 Å². The van der Waals surface area contributed by atoms with Crippen LogP contribution in [0.3, 0.4) is 0 Å². The molecule has 0 saturated carbocycles. The van der Waals surface area contributed by atoms with Crippen molar-refractivity contribution in [2.75, 3.05) is 32.7 Å². The van der Waals surface area contributed by atoms with Crippen LogP contribution in [-0.2, 0) is 22.4 Å². The van der Waals surface area contributed by atoms with Crippen LogP contribution >= 0.6 is 0 Å². The van der Waals surface area contributed by atoms with Crippen LogP contribution in [-0.4, -0.2) is 39.2 Å². The normalized spacial score (nSPS) is 12.4. The fourth-order valence-electron chi connectivity index (χ4n) is 3.01. The fraction of sp³-hybridized carbons (Fsp3) is 0.333. The maximum atomic E-state index is 12.1. The monoisotopic (exact) mass is 384 g/mol. The maximum Gasteiger partial charge on any atom is 0.262 e. The molecule has 0 bridgehead atoms. The van der Waals surface area contributed by atoms with Crippen molar-refractivity contribution >= 4 is 17.5 Å². The van der Waals surface area contributed by atoms with Gasteiger partial charge >= 0.3 is 0 Å². The van der Waals surface area contributed by atoms with Crippen LogP contribution in [0.25, 0.3) is 0 Å². The molecule has 28 heavy (non-hydrogen) atoms. The van der Waals surface area contributed by atoms with E-state index in [0.717, 1.165) is 11.1 Å². The Hall–Kier alpha value is -3.22. The predicted molar refractivity (Wildman–Crippen MR) is 105 cm³/mol. The Bertz CT molecular complexity index is 866. The highest BCUT2D eigenvalue weighted by atomic mass is 16.5. The Labute approximate surface area is 164 Å². The van der Waals surface area contributed by atoms with Crippen molar-refractivity contribution in [1.29, 1.82) is 0 Å². The van der Waals surface area contributed by atoms with Gasteiger partial charge < -0.3 is 24.8 Å². The zero-order valence-electron chi connectivity index (χ0n) is 16.0. The summed E-state index contributed by atoms with van der Waals surface area (Å²) < 4.78 is 15.8. The number of benzene rings is 2. The van der Waals surface area contributed by atoms with Crippen LogP contribution in [0.5, 0.6) is 17.2 Å². The fourth-order valence-corrected chi connectivity index (χ4v) is 3.01. The third-order valence-corrected chi connectivity index (χ3v) is 4.50. The van der Waals surface area contributed by atoms with E-state index in [0.29, 0.717) is 48.7 Å². The molecule has 2 aromatic carbocycles. The summed E-state index contributed by atoms with van der Waals surface area (Å²) in [7, 11) is 3.20. The second-order valence-corrected chi connectivity index (χ2v) is 6.46. The SMILES string of the molecule is COc1ccc(CCNC(=O)CCc2ccc3c(c2)NC(=O)CO3)cc1OC. The summed E-state index contributed by atoms with van der Waals surface area (Å²) in [6, 6.07) is 11.3. The second kappa shape index (κ2) is 9.12. The largest absolute Gasteiger partial charge is 0.493 e. The number of ether oxygens (including phenoxy) is 3. The van der Waals surface area contributed by atoms with Gasteiger partial charge in [0.1, 0.15) is 5.75 Å². The Morgan fingerprint density at radius 2 is 1.82 bits per heavy atom. The minimum atomic E-state index is -0.169. The van der Waals surface area contributed by atoms with Crippen LogP contribution in [0.4, 0.5) is 5.69 Å². The standard InChI is InChI=1S/C21H24N2O5/c1-26-18-7-4-15(12-19(18)27-2)9-10-22-20(24)8-5-14-3-6-17-16(11-14)23-21(25)13-28-17/h3-4,6-7,11-12H,5,8-10,13H2,1-2H3,(H,22,24)(H,23,25). The number of aryl methyl sites for hydroxylation is 1. The van der Waals surface area contributed by atoms with Gasteiger partial charge in [-0.2, -0.15) is 0 Å². The highest BCUT2D eigenvalue weighted by Crippen LogP contribution is 2.29. The zero-order chi connectivity index (χ0) is 19.9. The number of hydrogen-bond donors (Lipinski definition) is 2. The molecule has 0 radical (unpaired) electrons. The molecule has 2 amide bonds. The Morgan fingerprint density at radius 3 is 2.61 bits per heavy atom. The lowest BCUT2D eigenvalue weighted by atomic mass is 10.1. The van der Waals surface area contributed by atoms with Crippen molar-refractivity contribution in [3.8, 4) is 17.2 Å². The van der Waals surface area contributed by atoms with Crippen LogP contribution in [0, 0.1) is 0 Å². The highest BCUT2D eigenvalue weighted by Gasteiger charge is 2.16. The van der Waals surface area contributed by atoms with Crippen LogP contribution in [0.2, 0.25) is 0 Å². The molecule has 0 atom stereocenters. The molecule has 2 aromatic rings. The Kier molecular flexibility index (Phi) is 6.37. The minimum absolute atomic E-state index is 0.0153. The first-order valence-electron chi connectivity index (χ1n) is 9.12. The van der Waals surface area contributed by atoms with E-state index in [2.05, 4.69) is 10.6 Å². The summed E-state index contributed by atoms with van der Waals surface area (Å²) in [4.78, 5) is 23.5. The molecule has 0 aromatic heterocycles. The van der Waals surface area contributed by atoms with E-state index in [9.17, 15) is 9.59 Å². The van der Waals surface area contributed by atoms with Crippen molar-refractivity contribution < 1.29 is 23.8 Å². The number of carbonyl (C=O) groups excluding carboxylic acids is 2. The molecule has 0 aliphatic carbocycles. The van der Waals surface area contributed by atoms with Crippen LogP contribution in [0.15, 0.2) is 36.4 Å². The number of anilines is 1. The lowest BCUT2D eigenvalue weighted by Crippen LogP contribution is -2.26.